The van der Waals surface area contributed by atoms with Crippen LogP contribution in [0.15, 0.2) is 12.1 Å². The van der Waals surface area contributed by atoms with Crippen molar-refractivity contribution in [1.29, 1.82) is 0 Å². The van der Waals surface area contributed by atoms with Crippen LogP contribution < -0.4 is 0 Å². The molecule has 0 fully saturated rings. The van der Waals surface area contributed by atoms with Crippen LogP contribution in [0.25, 0.3) is 10.9 Å². The molecule has 126 valence electrons. The van der Waals surface area contributed by atoms with Gasteiger partial charge in [-0.1, -0.05) is 20.8 Å². The first-order valence-corrected chi connectivity index (χ1v) is 8.22. The van der Waals surface area contributed by atoms with Gasteiger partial charge in [0.25, 0.3) is 0 Å². The first-order valence-electron chi connectivity index (χ1n) is 8.22. The molecule has 2 rings (SSSR count). The summed E-state index contributed by atoms with van der Waals surface area (Å²) >= 11 is 0. The highest BCUT2D eigenvalue weighted by atomic mass is 16.4. The molecular formula is C19H27NO3. The summed E-state index contributed by atoms with van der Waals surface area (Å²) in [6, 6.07) is 3.60. The first kappa shape index (κ1) is 17.5. The second-order valence-electron chi connectivity index (χ2n) is 7.11. The molecule has 0 unspecified atom stereocenters. The summed E-state index contributed by atoms with van der Waals surface area (Å²) in [6.07, 6.45) is 1.45. The molecule has 0 aliphatic heterocycles. The maximum absolute atomic E-state index is 11.6. The topological polar surface area (TPSA) is 62.5 Å². The SMILES string of the molecule is CCn1c(C)c(CCCO)c2cc(C(=O)O)cc(C(C)(C)C)c21. The molecule has 23 heavy (non-hydrogen) atoms. The van der Waals surface area contributed by atoms with Gasteiger partial charge in [0.2, 0.25) is 0 Å². The van der Waals surface area contributed by atoms with Crippen molar-refractivity contribution in [3.05, 3.63) is 34.5 Å². The minimum atomic E-state index is -0.896. The van der Waals surface area contributed by atoms with Gasteiger partial charge in [-0.05, 0) is 55.4 Å². The van der Waals surface area contributed by atoms with Crippen LogP contribution in [0.1, 0.15) is 61.3 Å². The van der Waals surface area contributed by atoms with Crippen LogP contribution in [0.3, 0.4) is 0 Å². The Labute approximate surface area is 137 Å². The molecule has 0 aliphatic carbocycles. The Bertz CT molecular complexity index is 735. The average Bonchev–Trinajstić information content (AvgIpc) is 2.74. The fourth-order valence-electron chi connectivity index (χ4n) is 3.34. The van der Waals surface area contributed by atoms with Crippen LogP contribution in [-0.4, -0.2) is 27.4 Å². The zero-order valence-electron chi connectivity index (χ0n) is 14.7. The van der Waals surface area contributed by atoms with Gasteiger partial charge in [0.15, 0.2) is 0 Å². The van der Waals surface area contributed by atoms with E-state index in [1.807, 2.05) is 6.07 Å². The molecule has 0 spiro atoms. The molecule has 0 aliphatic rings. The molecule has 0 saturated heterocycles. The Morgan fingerprint density at radius 3 is 2.39 bits per heavy atom. The number of fused-ring (bicyclic) bond motifs is 1. The molecule has 0 bridgehead atoms. The number of rotatable bonds is 5. The van der Waals surface area contributed by atoms with Crippen LogP contribution in [-0.2, 0) is 18.4 Å². The second kappa shape index (κ2) is 6.36. The van der Waals surface area contributed by atoms with Crippen LogP contribution in [0.4, 0.5) is 0 Å². The number of carboxylic acid groups (broad SMARTS) is 1. The van der Waals surface area contributed by atoms with Crippen molar-refractivity contribution in [2.45, 2.75) is 59.4 Å². The van der Waals surface area contributed by atoms with Gasteiger partial charge in [-0.2, -0.15) is 0 Å². The zero-order chi connectivity index (χ0) is 17.4. The molecule has 2 N–H and O–H groups in total. The zero-order valence-corrected chi connectivity index (χ0v) is 14.7. The van der Waals surface area contributed by atoms with E-state index in [9.17, 15) is 15.0 Å². The fraction of sp³-hybridized carbons (Fsp3) is 0.526. The van der Waals surface area contributed by atoms with Crippen molar-refractivity contribution >= 4 is 16.9 Å². The van der Waals surface area contributed by atoms with Crippen molar-refractivity contribution in [3.8, 4) is 0 Å². The molecule has 2 aromatic rings. The minimum Gasteiger partial charge on any atom is -0.478 e. The average molecular weight is 317 g/mol. The first-order chi connectivity index (χ1) is 10.7. The lowest BCUT2D eigenvalue weighted by Gasteiger charge is -2.22. The quantitative estimate of drug-likeness (QED) is 0.879. The lowest BCUT2D eigenvalue weighted by atomic mass is 9.84. The molecule has 1 aromatic carbocycles. The predicted octanol–water partition coefficient (Wildman–Crippen LogP) is 3.89. The summed E-state index contributed by atoms with van der Waals surface area (Å²) in [5.41, 5.74) is 4.72. The van der Waals surface area contributed by atoms with E-state index in [4.69, 9.17) is 0 Å². The number of aromatic nitrogens is 1. The third kappa shape index (κ3) is 3.13. The smallest absolute Gasteiger partial charge is 0.335 e. The van der Waals surface area contributed by atoms with Crippen molar-refractivity contribution < 1.29 is 15.0 Å². The number of hydrogen-bond acceptors (Lipinski definition) is 2. The van der Waals surface area contributed by atoms with E-state index >= 15 is 0 Å². The van der Waals surface area contributed by atoms with Gasteiger partial charge < -0.3 is 14.8 Å². The summed E-state index contributed by atoms with van der Waals surface area (Å²) in [4.78, 5) is 11.6. The minimum absolute atomic E-state index is 0.142. The molecule has 4 heteroatoms. The van der Waals surface area contributed by atoms with E-state index < -0.39 is 5.97 Å². The number of carbonyl (C=O) groups is 1. The third-order valence-corrected chi connectivity index (χ3v) is 4.50. The number of aliphatic hydroxyl groups excluding tert-OH is 1. The number of aryl methyl sites for hydroxylation is 2. The van der Waals surface area contributed by atoms with E-state index in [1.54, 1.807) is 6.07 Å². The second-order valence-corrected chi connectivity index (χ2v) is 7.11. The monoisotopic (exact) mass is 317 g/mol. The van der Waals surface area contributed by atoms with Gasteiger partial charge in [-0.15, -0.1) is 0 Å². The van der Waals surface area contributed by atoms with Crippen LogP contribution in [0.2, 0.25) is 0 Å². The molecular weight excluding hydrogens is 290 g/mol. The number of nitrogens with zero attached hydrogens (tertiary/aromatic N) is 1. The molecule has 1 heterocycles. The fourth-order valence-corrected chi connectivity index (χ4v) is 3.34. The molecule has 0 amide bonds. The van der Waals surface area contributed by atoms with Gasteiger partial charge >= 0.3 is 5.97 Å². The van der Waals surface area contributed by atoms with Crippen molar-refractivity contribution in [2.24, 2.45) is 0 Å². The summed E-state index contributed by atoms with van der Waals surface area (Å²) in [5.74, 6) is -0.896. The lowest BCUT2D eigenvalue weighted by Crippen LogP contribution is -2.15. The Hall–Kier alpha value is -1.81. The lowest BCUT2D eigenvalue weighted by molar-refractivity contribution is 0.0697. The summed E-state index contributed by atoms with van der Waals surface area (Å²) in [5, 5.41) is 19.7. The standard InChI is InChI=1S/C19H27NO3/c1-6-20-12(2)14(8-7-9-21)15-10-13(18(22)23)11-16(17(15)20)19(3,4)5/h10-11,21H,6-9H2,1-5H3,(H,22,23). The van der Waals surface area contributed by atoms with E-state index in [1.165, 1.54) is 5.69 Å². The molecule has 0 atom stereocenters. The largest absolute Gasteiger partial charge is 0.478 e. The van der Waals surface area contributed by atoms with Gasteiger partial charge in [0.05, 0.1) is 11.1 Å². The van der Waals surface area contributed by atoms with Crippen molar-refractivity contribution in [1.82, 2.24) is 4.57 Å². The number of benzene rings is 1. The highest BCUT2D eigenvalue weighted by Crippen LogP contribution is 2.36. The normalized spacial score (nSPS) is 12.1. The van der Waals surface area contributed by atoms with E-state index in [2.05, 4.69) is 39.2 Å². The Balaban J connectivity index is 2.90. The summed E-state index contributed by atoms with van der Waals surface area (Å²) < 4.78 is 2.27. The predicted molar refractivity (Wildman–Crippen MR) is 93.4 cm³/mol. The highest BCUT2D eigenvalue weighted by Gasteiger charge is 2.25. The summed E-state index contributed by atoms with van der Waals surface area (Å²) in [6.45, 7) is 11.5. The summed E-state index contributed by atoms with van der Waals surface area (Å²) in [7, 11) is 0. The maximum Gasteiger partial charge on any atom is 0.335 e. The van der Waals surface area contributed by atoms with E-state index in [-0.39, 0.29) is 12.0 Å². The molecule has 4 nitrogen and oxygen atoms in total. The van der Waals surface area contributed by atoms with Gasteiger partial charge in [0.1, 0.15) is 0 Å². The molecule has 0 saturated carbocycles. The van der Waals surface area contributed by atoms with Crippen LogP contribution in [0, 0.1) is 6.92 Å². The Morgan fingerprint density at radius 2 is 1.91 bits per heavy atom. The van der Waals surface area contributed by atoms with Gasteiger partial charge in [0, 0.05) is 24.2 Å². The van der Waals surface area contributed by atoms with Crippen LogP contribution in [0.5, 0.6) is 0 Å². The Morgan fingerprint density at radius 1 is 1.26 bits per heavy atom. The van der Waals surface area contributed by atoms with E-state index in [0.29, 0.717) is 12.0 Å². The highest BCUT2D eigenvalue weighted by molar-refractivity contribution is 5.97. The van der Waals surface area contributed by atoms with E-state index in [0.717, 1.165) is 35.0 Å². The maximum atomic E-state index is 11.6. The Kier molecular flexibility index (Phi) is 4.85. The van der Waals surface area contributed by atoms with Crippen LogP contribution >= 0.6 is 0 Å². The third-order valence-electron chi connectivity index (χ3n) is 4.50. The number of carboxylic acids is 1. The van der Waals surface area contributed by atoms with Gasteiger partial charge in [-0.3, -0.25) is 0 Å². The van der Waals surface area contributed by atoms with Gasteiger partial charge in [-0.25, -0.2) is 4.79 Å². The van der Waals surface area contributed by atoms with Crippen molar-refractivity contribution in [3.63, 3.8) is 0 Å². The van der Waals surface area contributed by atoms with Crippen molar-refractivity contribution in [2.75, 3.05) is 6.61 Å². The number of aromatic carboxylic acids is 1. The molecule has 0 radical (unpaired) electrons. The number of aliphatic hydroxyl groups is 1. The number of hydrogen-bond donors (Lipinski definition) is 2. The molecule has 1 aromatic heterocycles.